The Hall–Kier alpha value is -1.94. The topological polar surface area (TPSA) is 42.1 Å². The van der Waals surface area contributed by atoms with Crippen molar-refractivity contribution < 1.29 is 0 Å². The number of nitrogens with two attached hydrogens (primary N) is 1. The Morgan fingerprint density at radius 2 is 1.95 bits per heavy atom. The number of hydrogen-bond acceptors (Lipinski definition) is 3. The van der Waals surface area contributed by atoms with Crippen molar-refractivity contribution in [2.75, 3.05) is 11.9 Å². The van der Waals surface area contributed by atoms with Gasteiger partial charge in [0.25, 0.3) is 0 Å². The predicted molar refractivity (Wildman–Crippen MR) is 84.1 cm³/mol. The van der Waals surface area contributed by atoms with E-state index in [9.17, 15) is 0 Å². The molecule has 0 fully saturated rings. The van der Waals surface area contributed by atoms with Gasteiger partial charge in [-0.25, -0.2) is 0 Å². The molecule has 0 aliphatic carbocycles. The molecule has 0 aliphatic heterocycles. The molecular formula is C15H17N3S. The van der Waals surface area contributed by atoms with E-state index >= 15 is 0 Å². The van der Waals surface area contributed by atoms with Crippen LogP contribution in [0.15, 0.2) is 36.5 Å². The average Bonchev–Trinajstić information content (AvgIpc) is 2.38. The van der Waals surface area contributed by atoms with Crippen LogP contribution in [0.25, 0.3) is 0 Å². The van der Waals surface area contributed by atoms with E-state index in [1.54, 1.807) is 6.20 Å². The monoisotopic (exact) mass is 271 g/mol. The summed E-state index contributed by atoms with van der Waals surface area (Å²) >= 11 is 4.90. The number of nitrogens with zero attached hydrogens (tertiary/aromatic N) is 2. The largest absolute Gasteiger partial charge is 0.388 e. The number of anilines is 2. The van der Waals surface area contributed by atoms with Gasteiger partial charge in [-0.1, -0.05) is 29.9 Å². The lowest BCUT2D eigenvalue weighted by molar-refractivity contribution is 1.15. The van der Waals surface area contributed by atoms with Crippen molar-refractivity contribution in [2.24, 2.45) is 5.73 Å². The summed E-state index contributed by atoms with van der Waals surface area (Å²) in [5.41, 5.74) is 10.9. The highest BCUT2D eigenvalue weighted by molar-refractivity contribution is 7.80. The van der Waals surface area contributed by atoms with Crippen LogP contribution in [-0.4, -0.2) is 17.0 Å². The van der Waals surface area contributed by atoms with Gasteiger partial charge in [-0.2, -0.15) is 0 Å². The maximum Gasteiger partial charge on any atom is 0.122 e. The molecular weight excluding hydrogens is 254 g/mol. The first-order chi connectivity index (χ1) is 8.99. The zero-order valence-corrected chi connectivity index (χ0v) is 12.2. The van der Waals surface area contributed by atoms with Crippen LogP contribution in [0.3, 0.4) is 0 Å². The Balaban J connectivity index is 2.33. The molecule has 0 saturated carbocycles. The Morgan fingerprint density at radius 3 is 2.47 bits per heavy atom. The summed E-state index contributed by atoms with van der Waals surface area (Å²) in [6.07, 6.45) is 1.79. The van der Waals surface area contributed by atoms with Crippen molar-refractivity contribution in [1.29, 1.82) is 0 Å². The summed E-state index contributed by atoms with van der Waals surface area (Å²) in [6, 6.07) is 10.2. The van der Waals surface area contributed by atoms with E-state index < -0.39 is 0 Å². The van der Waals surface area contributed by atoms with E-state index in [-0.39, 0.29) is 0 Å². The third kappa shape index (κ3) is 2.90. The van der Waals surface area contributed by atoms with E-state index in [4.69, 9.17) is 18.0 Å². The molecule has 3 nitrogen and oxygen atoms in total. The van der Waals surface area contributed by atoms with Gasteiger partial charge in [-0.05, 0) is 37.6 Å². The molecule has 0 saturated heterocycles. The number of rotatable bonds is 3. The summed E-state index contributed by atoms with van der Waals surface area (Å²) in [6.45, 7) is 4.20. The van der Waals surface area contributed by atoms with Crippen molar-refractivity contribution in [3.63, 3.8) is 0 Å². The summed E-state index contributed by atoms with van der Waals surface area (Å²) < 4.78 is 0. The molecule has 0 spiro atoms. The second-order valence-electron chi connectivity index (χ2n) is 4.61. The normalized spacial score (nSPS) is 10.3. The Morgan fingerprint density at radius 1 is 1.21 bits per heavy atom. The lowest BCUT2D eigenvalue weighted by Gasteiger charge is -2.21. The fraction of sp³-hybridized carbons (Fsp3) is 0.200. The number of hydrogen-bond donors (Lipinski definition) is 1. The zero-order valence-electron chi connectivity index (χ0n) is 11.3. The molecule has 4 heteroatoms. The van der Waals surface area contributed by atoms with Gasteiger partial charge < -0.3 is 10.6 Å². The summed E-state index contributed by atoms with van der Waals surface area (Å²) in [5, 5.41) is 0. The van der Waals surface area contributed by atoms with Crippen molar-refractivity contribution in [3.8, 4) is 0 Å². The molecule has 0 unspecified atom stereocenters. The lowest BCUT2D eigenvalue weighted by Crippen LogP contribution is -2.14. The highest BCUT2D eigenvalue weighted by Gasteiger charge is 2.08. The quantitative estimate of drug-likeness (QED) is 0.871. The van der Waals surface area contributed by atoms with Crippen molar-refractivity contribution in [1.82, 2.24) is 4.98 Å². The minimum absolute atomic E-state index is 0.320. The van der Waals surface area contributed by atoms with Gasteiger partial charge in [0.15, 0.2) is 0 Å². The molecule has 0 atom stereocenters. The smallest absolute Gasteiger partial charge is 0.122 e. The molecule has 0 bridgehead atoms. The third-order valence-electron chi connectivity index (χ3n) is 3.10. The van der Waals surface area contributed by atoms with Crippen LogP contribution in [-0.2, 0) is 0 Å². The second kappa shape index (κ2) is 5.36. The first kappa shape index (κ1) is 13.5. The first-order valence-corrected chi connectivity index (χ1v) is 6.46. The van der Waals surface area contributed by atoms with Crippen LogP contribution in [0.1, 0.15) is 16.8 Å². The molecule has 0 aliphatic rings. The first-order valence-electron chi connectivity index (χ1n) is 6.06. The minimum Gasteiger partial charge on any atom is -0.388 e. The van der Waals surface area contributed by atoms with Crippen molar-refractivity contribution in [2.45, 2.75) is 13.8 Å². The minimum atomic E-state index is 0.320. The summed E-state index contributed by atoms with van der Waals surface area (Å²) in [5.74, 6) is 0. The summed E-state index contributed by atoms with van der Waals surface area (Å²) in [4.78, 5) is 6.69. The Kier molecular flexibility index (Phi) is 3.81. The number of thiocarbonyl (C=S) groups is 1. The molecule has 2 N–H and O–H groups in total. The second-order valence-corrected chi connectivity index (χ2v) is 5.05. The van der Waals surface area contributed by atoms with Gasteiger partial charge in [0.2, 0.25) is 0 Å². The van der Waals surface area contributed by atoms with Gasteiger partial charge in [0, 0.05) is 12.7 Å². The lowest BCUT2D eigenvalue weighted by atomic mass is 10.1. The molecule has 19 heavy (non-hydrogen) atoms. The molecule has 1 aromatic heterocycles. The highest BCUT2D eigenvalue weighted by atomic mass is 32.1. The van der Waals surface area contributed by atoms with Gasteiger partial charge in [-0.15, -0.1) is 0 Å². The van der Waals surface area contributed by atoms with E-state index in [2.05, 4.69) is 41.9 Å². The van der Waals surface area contributed by atoms with Crippen molar-refractivity contribution >= 4 is 28.6 Å². The van der Waals surface area contributed by atoms with Crippen molar-refractivity contribution in [3.05, 3.63) is 53.3 Å². The van der Waals surface area contributed by atoms with Gasteiger partial charge in [0.05, 0.1) is 17.6 Å². The Bertz CT molecular complexity index is 605. The Labute approximate surface area is 119 Å². The fourth-order valence-corrected chi connectivity index (χ4v) is 2.17. The SMILES string of the molecule is Cc1ccc(N(C)c2ccc(C(N)=S)nc2)c(C)c1. The number of aryl methyl sites for hydroxylation is 2. The average molecular weight is 271 g/mol. The predicted octanol–water partition coefficient (Wildman–Crippen LogP) is 3.10. The molecule has 1 aromatic carbocycles. The van der Waals surface area contributed by atoms with E-state index in [1.165, 1.54) is 11.1 Å². The van der Waals surface area contributed by atoms with Crippen LogP contribution in [0.2, 0.25) is 0 Å². The van der Waals surface area contributed by atoms with Gasteiger partial charge >= 0.3 is 0 Å². The highest BCUT2D eigenvalue weighted by Crippen LogP contribution is 2.26. The van der Waals surface area contributed by atoms with Gasteiger partial charge in [0.1, 0.15) is 4.99 Å². The molecule has 0 amide bonds. The molecule has 98 valence electrons. The van der Waals surface area contributed by atoms with E-state index in [1.807, 2.05) is 19.2 Å². The molecule has 2 rings (SSSR count). The van der Waals surface area contributed by atoms with Crippen LogP contribution < -0.4 is 10.6 Å². The van der Waals surface area contributed by atoms with E-state index in [0.29, 0.717) is 10.7 Å². The molecule has 0 radical (unpaired) electrons. The van der Waals surface area contributed by atoms with Gasteiger partial charge in [-0.3, -0.25) is 4.98 Å². The number of aromatic nitrogens is 1. The van der Waals surface area contributed by atoms with Crippen LogP contribution in [0.5, 0.6) is 0 Å². The third-order valence-corrected chi connectivity index (χ3v) is 3.31. The van der Waals surface area contributed by atoms with Crippen LogP contribution >= 0.6 is 12.2 Å². The fourth-order valence-electron chi connectivity index (χ4n) is 2.05. The number of pyridine rings is 1. The molecule has 1 heterocycles. The standard InChI is InChI=1S/C15H17N3S/c1-10-4-7-14(11(2)8-10)18(3)12-5-6-13(15(16)19)17-9-12/h4-9H,1-3H3,(H2,16,19). The number of benzene rings is 1. The molecule has 2 aromatic rings. The summed E-state index contributed by atoms with van der Waals surface area (Å²) in [7, 11) is 2.02. The van der Waals surface area contributed by atoms with Crippen LogP contribution in [0.4, 0.5) is 11.4 Å². The maximum absolute atomic E-state index is 5.55. The van der Waals surface area contributed by atoms with Crippen LogP contribution in [0, 0.1) is 13.8 Å². The maximum atomic E-state index is 5.55. The van der Waals surface area contributed by atoms with E-state index in [0.717, 1.165) is 11.4 Å². The zero-order chi connectivity index (χ0) is 14.0.